The fourth-order valence-electron chi connectivity index (χ4n) is 2.37. The van der Waals surface area contributed by atoms with Crippen LogP contribution in [0.4, 0.5) is 8.78 Å². The van der Waals surface area contributed by atoms with Gasteiger partial charge < -0.3 is 10.4 Å². The smallest absolute Gasteiger partial charge is 0.270 e. The van der Waals surface area contributed by atoms with Crippen LogP contribution in [0.1, 0.15) is 53.4 Å². The normalized spacial score (nSPS) is 22.7. The van der Waals surface area contributed by atoms with Crippen LogP contribution in [0.15, 0.2) is 17.1 Å². The van der Waals surface area contributed by atoms with Gasteiger partial charge in [0, 0.05) is 24.6 Å². The van der Waals surface area contributed by atoms with E-state index in [1.807, 2.05) is 6.92 Å². The summed E-state index contributed by atoms with van der Waals surface area (Å²) in [5.74, 6) is -3.38. The summed E-state index contributed by atoms with van der Waals surface area (Å²) >= 11 is 0. The first-order valence-corrected chi connectivity index (χ1v) is 8.13. The average Bonchev–Trinajstić information content (AvgIpc) is 2.78. The predicted octanol–water partition coefficient (Wildman–Crippen LogP) is 3.10. The molecule has 2 N–H and O–H groups in total. The highest BCUT2D eigenvalue weighted by molar-refractivity contribution is 6.21. The minimum Gasteiger partial charge on any atom is -0.390 e. The van der Waals surface area contributed by atoms with Crippen molar-refractivity contribution in [2.24, 2.45) is 10.9 Å². The van der Waals surface area contributed by atoms with E-state index in [4.69, 9.17) is 0 Å². The van der Waals surface area contributed by atoms with Crippen LogP contribution in [0.3, 0.4) is 0 Å². The number of hydrogen-bond acceptors (Lipinski definition) is 3. The molecule has 0 aliphatic heterocycles. The summed E-state index contributed by atoms with van der Waals surface area (Å²) in [7, 11) is 0. The Kier molecular flexibility index (Phi) is 6.45. The monoisotopic (exact) mass is 330 g/mol. The molecule has 1 rings (SSSR count). The van der Waals surface area contributed by atoms with Crippen molar-refractivity contribution in [3.8, 4) is 0 Å². The van der Waals surface area contributed by atoms with E-state index in [2.05, 4.69) is 16.9 Å². The number of hydrogen-bond donors (Lipinski definition) is 2. The van der Waals surface area contributed by atoms with E-state index < -0.39 is 23.5 Å². The van der Waals surface area contributed by atoms with Gasteiger partial charge in [0.15, 0.2) is 0 Å². The van der Waals surface area contributed by atoms with Crippen molar-refractivity contribution in [1.82, 2.24) is 5.32 Å². The number of amides is 1. The minimum absolute atomic E-state index is 0.123. The van der Waals surface area contributed by atoms with Gasteiger partial charge in [-0.3, -0.25) is 9.79 Å². The minimum atomic E-state index is -2.80. The zero-order valence-electron chi connectivity index (χ0n) is 14.5. The Bertz CT molecular complexity index is 481. The molecule has 1 aliphatic carbocycles. The van der Waals surface area contributed by atoms with E-state index in [1.54, 1.807) is 20.8 Å². The molecule has 0 aromatic heterocycles. The molecule has 1 fully saturated rings. The van der Waals surface area contributed by atoms with Gasteiger partial charge in [-0.1, -0.05) is 20.4 Å². The van der Waals surface area contributed by atoms with Crippen molar-refractivity contribution in [2.45, 2.75) is 70.9 Å². The number of carbonyl (C=O) groups is 1. The van der Waals surface area contributed by atoms with E-state index in [1.165, 1.54) is 0 Å². The fourth-order valence-corrected chi connectivity index (χ4v) is 2.37. The largest absolute Gasteiger partial charge is 0.390 e. The van der Waals surface area contributed by atoms with Gasteiger partial charge in [-0.2, -0.15) is 0 Å². The third kappa shape index (κ3) is 5.37. The molecule has 0 spiro atoms. The maximum absolute atomic E-state index is 13.7. The van der Waals surface area contributed by atoms with Gasteiger partial charge in [0.1, 0.15) is 6.04 Å². The van der Waals surface area contributed by atoms with Crippen molar-refractivity contribution >= 4 is 11.6 Å². The van der Waals surface area contributed by atoms with Crippen LogP contribution >= 0.6 is 0 Å². The Morgan fingerprint density at radius 3 is 2.57 bits per heavy atom. The number of alkyl halides is 2. The highest BCUT2D eigenvalue weighted by Crippen LogP contribution is 2.37. The van der Waals surface area contributed by atoms with Gasteiger partial charge in [0.2, 0.25) is 0 Å². The van der Waals surface area contributed by atoms with Crippen LogP contribution in [-0.2, 0) is 4.79 Å². The number of aliphatic hydroxyl groups is 1. The summed E-state index contributed by atoms with van der Waals surface area (Å²) in [6, 6.07) is -1.06. The number of rotatable bonds is 7. The lowest BCUT2D eigenvalue weighted by Crippen LogP contribution is -2.40. The number of halogens is 2. The Balaban J connectivity index is 2.71. The third-order valence-electron chi connectivity index (χ3n) is 4.52. The molecule has 0 heterocycles. The van der Waals surface area contributed by atoms with Gasteiger partial charge in [-0.25, -0.2) is 8.78 Å². The molecule has 0 aromatic rings. The van der Waals surface area contributed by atoms with Gasteiger partial charge in [0.25, 0.3) is 11.8 Å². The number of carbonyl (C=O) groups excluding carboxylic acids is 1. The van der Waals surface area contributed by atoms with E-state index in [0.717, 1.165) is 0 Å². The van der Waals surface area contributed by atoms with Gasteiger partial charge >= 0.3 is 0 Å². The zero-order chi connectivity index (χ0) is 17.8. The molecule has 1 saturated carbocycles. The molecule has 0 saturated heterocycles. The standard InChI is InChI=1S/C17H28F2N2O2/c1-6-13(21-14-8-7-9-17(14,18)19)12(3)15(22)20-10-11(2)16(4,5)23/h11,14,23H,3,6-10H2,1-2,4-5H3,(H,20,22). The number of nitrogens with zero attached hydrogens (tertiary/aromatic N) is 1. The fraction of sp³-hybridized carbons (Fsp3) is 0.765. The maximum Gasteiger partial charge on any atom is 0.270 e. The first-order chi connectivity index (χ1) is 10.5. The summed E-state index contributed by atoms with van der Waals surface area (Å²) in [4.78, 5) is 16.2. The molecule has 1 amide bonds. The molecule has 4 nitrogen and oxygen atoms in total. The molecule has 2 unspecified atom stereocenters. The Labute approximate surface area is 137 Å². The van der Waals surface area contributed by atoms with E-state index in [9.17, 15) is 18.7 Å². The first kappa shape index (κ1) is 19.7. The first-order valence-electron chi connectivity index (χ1n) is 8.13. The van der Waals surface area contributed by atoms with Crippen molar-refractivity contribution in [3.63, 3.8) is 0 Å². The van der Waals surface area contributed by atoms with Gasteiger partial charge in [0.05, 0.1) is 11.2 Å². The molecule has 6 heteroatoms. The van der Waals surface area contributed by atoms with Crippen LogP contribution in [0.2, 0.25) is 0 Å². The number of nitrogens with one attached hydrogen (secondary N) is 1. The molecule has 23 heavy (non-hydrogen) atoms. The van der Waals surface area contributed by atoms with Crippen molar-refractivity contribution < 1.29 is 18.7 Å². The highest BCUT2D eigenvalue weighted by atomic mass is 19.3. The Hall–Kier alpha value is -1.30. The second kappa shape index (κ2) is 7.51. The third-order valence-corrected chi connectivity index (χ3v) is 4.52. The quantitative estimate of drug-likeness (QED) is 0.556. The van der Waals surface area contributed by atoms with Gasteiger partial charge in [-0.15, -0.1) is 0 Å². The van der Waals surface area contributed by atoms with Crippen LogP contribution < -0.4 is 5.32 Å². The topological polar surface area (TPSA) is 61.7 Å². The summed E-state index contributed by atoms with van der Waals surface area (Å²) in [6.07, 6.45) is 1.00. The Morgan fingerprint density at radius 1 is 1.52 bits per heavy atom. The van der Waals surface area contributed by atoms with E-state index >= 15 is 0 Å². The lowest BCUT2D eigenvalue weighted by Gasteiger charge is -2.26. The number of aliphatic imine (C=N–C) groups is 1. The summed E-state index contributed by atoms with van der Waals surface area (Å²) in [6.45, 7) is 10.9. The van der Waals surface area contributed by atoms with Crippen LogP contribution in [0.25, 0.3) is 0 Å². The molecular weight excluding hydrogens is 302 g/mol. The summed E-state index contributed by atoms with van der Waals surface area (Å²) in [5, 5.41) is 12.5. The SMILES string of the molecule is C=C(C(=O)NCC(C)C(C)(C)O)C(CC)=NC1CCCC1(F)F. The summed E-state index contributed by atoms with van der Waals surface area (Å²) < 4.78 is 27.4. The highest BCUT2D eigenvalue weighted by Gasteiger charge is 2.44. The molecule has 1 aliphatic rings. The lowest BCUT2D eigenvalue weighted by molar-refractivity contribution is -0.117. The molecule has 0 aromatic carbocycles. The average molecular weight is 330 g/mol. The summed E-state index contributed by atoms with van der Waals surface area (Å²) in [5.41, 5.74) is -0.467. The van der Waals surface area contributed by atoms with Crippen LogP contribution in [-0.4, -0.2) is 40.8 Å². The second-order valence-corrected chi connectivity index (χ2v) is 6.84. The molecule has 0 bridgehead atoms. The predicted molar refractivity (Wildman–Crippen MR) is 87.9 cm³/mol. The molecular formula is C17H28F2N2O2. The molecule has 0 radical (unpaired) electrons. The van der Waals surface area contributed by atoms with Crippen LogP contribution in [0, 0.1) is 5.92 Å². The van der Waals surface area contributed by atoms with E-state index in [-0.39, 0.29) is 24.5 Å². The van der Waals surface area contributed by atoms with E-state index in [0.29, 0.717) is 25.0 Å². The van der Waals surface area contributed by atoms with Crippen molar-refractivity contribution in [3.05, 3.63) is 12.2 Å². The van der Waals surface area contributed by atoms with Crippen LogP contribution in [0.5, 0.6) is 0 Å². The van der Waals surface area contributed by atoms with Crippen molar-refractivity contribution in [2.75, 3.05) is 6.54 Å². The Morgan fingerprint density at radius 2 is 2.13 bits per heavy atom. The molecule has 132 valence electrons. The molecule has 2 atom stereocenters. The second-order valence-electron chi connectivity index (χ2n) is 6.84. The lowest BCUT2D eigenvalue weighted by atomic mass is 9.93. The zero-order valence-corrected chi connectivity index (χ0v) is 14.5. The maximum atomic E-state index is 13.7. The van der Waals surface area contributed by atoms with Crippen molar-refractivity contribution in [1.29, 1.82) is 0 Å². The van der Waals surface area contributed by atoms with Gasteiger partial charge in [-0.05, 0) is 33.1 Å².